The predicted molar refractivity (Wildman–Crippen MR) is 75.8 cm³/mol. The Labute approximate surface area is 112 Å². The van der Waals surface area contributed by atoms with Crippen molar-refractivity contribution in [3.05, 3.63) is 66.2 Å². The Hall–Kier alpha value is -1.70. The van der Waals surface area contributed by atoms with Gasteiger partial charge in [-0.3, -0.25) is 9.36 Å². The molecule has 0 amide bonds. The van der Waals surface area contributed by atoms with Gasteiger partial charge in [0, 0.05) is 18.8 Å². The number of rotatable bonds is 5. The van der Waals surface area contributed by atoms with Gasteiger partial charge < -0.3 is 4.52 Å². The minimum atomic E-state index is -3.45. The summed E-state index contributed by atoms with van der Waals surface area (Å²) >= 11 is 0. The van der Waals surface area contributed by atoms with Crippen molar-refractivity contribution < 1.29 is 13.9 Å². The number of carbonyl (C=O) groups is 1. The second-order valence-electron chi connectivity index (χ2n) is 4.13. The monoisotopic (exact) mass is 274 g/mol. The average Bonchev–Trinajstić information content (AvgIpc) is 2.48. The van der Waals surface area contributed by atoms with Crippen molar-refractivity contribution >= 4 is 18.2 Å². The summed E-state index contributed by atoms with van der Waals surface area (Å²) in [6.07, 6.45) is 0.112. The third kappa shape index (κ3) is 3.01. The highest BCUT2D eigenvalue weighted by molar-refractivity contribution is 7.82. The first-order valence-corrected chi connectivity index (χ1v) is 7.58. The molecule has 19 heavy (non-hydrogen) atoms. The fraction of sp³-hybridized carbons (Fsp3) is 0.133. The van der Waals surface area contributed by atoms with Gasteiger partial charge in [0.2, 0.25) is 5.52 Å². The summed E-state index contributed by atoms with van der Waals surface area (Å²) in [4.78, 5) is 12.3. The first-order valence-electron chi connectivity index (χ1n) is 5.95. The number of hydrogen-bond donors (Lipinski definition) is 0. The van der Waals surface area contributed by atoms with Crippen LogP contribution in [0, 0.1) is 0 Å². The zero-order valence-corrected chi connectivity index (χ0v) is 11.5. The summed E-state index contributed by atoms with van der Waals surface area (Å²) in [5.74, 6) is 0. The van der Waals surface area contributed by atoms with Gasteiger partial charge in [-0.05, 0) is 17.7 Å². The van der Waals surface area contributed by atoms with Crippen molar-refractivity contribution in [2.45, 2.75) is 6.42 Å². The lowest BCUT2D eigenvalue weighted by Gasteiger charge is -2.15. The van der Waals surface area contributed by atoms with E-state index in [9.17, 15) is 9.36 Å². The molecule has 0 aromatic heterocycles. The molecule has 0 saturated carbocycles. The molecule has 0 radical (unpaired) electrons. The predicted octanol–water partition coefficient (Wildman–Crippen LogP) is 3.01. The zero-order chi connectivity index (χ0) is 13.7. The quantitative estimate of drug-likeness (QED) is 0.787. The van der Waals surface area contributed by atoms with Crippen molar-refractivity contribution in [2.24, 2.45) is 0 Å². The van der Waals surface area contributed by atoms with Gasteiger partial charge >= 0.3 is 0 Å². The molecule has 0 fully saturated rings. The first-order chi connectivity index (χ1) is 9.16. The van der Waals surface area contributed by atoms with Crippen molar-refractivity contribution in [1.82, 2.24) is 0 Å². The van der Waals surface area contributed by atoms with Gasteiger partial charge in [0.05, 0.1) is 0 Å². The Bertz CT molecular complexity index is 593. The van der Waals surface area contributed by atoms with E-state index in [4.69, 9.17) is 4.52 Å². The minimum absolute atomic E-state index is 0.112. The molecule has 0 bridgehead atoms. The molecule has 0 aliphatic heterocycles. The van der Waals surface area contributed by atoms with Gasteiger partial charge in [-0.1, -0.05) is 48.5 Å². The second-order valence-corrected chi connectivity index (χ2v) is 6.61. The van der Waals surface area contributed by atoms with Crippen LogP contribution in [-0.2, 0) is 20.3 Å². The van der Waals surface area contributed by atoms with Crippen molar-refractivity contribution in [1.29, 1.82) is 0 Å². The molecule has 2 rings (SSSR count). The van der Waals surface area contributed by atoms with Crippen LogP contribution in [0.5, 0.6) is 0 Å². The van der Waals surface area contributed by atoms with Crippen LogP contribution in [-0.4, -0.2) is 12.6 Å². The van der Waals surface area contributed by atoms with E-state index in [1.165, 1.54) is 7.11 Å². The first kappa shape index (κ1) is 13.7. The standard InChI is InChI=1S/C15H15O3P/c1-18-19(17,14-10-6-3-7-11-14)15(16)12-13-8-4-2-5-9-13/h2-11H,12H2,1H3. The summed E-state index contributed by atoms with van der Waals surface area (Å²) in [5, 5.41) is 0.443. The summed E-state index contributed by atoms with van der Waals surface area (Å²) in [5.41, 5.74) is 0.452. The highest BCUT2D eigenvalue weighted by atomic mass is 31.2. The molecule has 0 heterocycles. The molecular formula is C15H15O3P. The van der Waals surface area contributed by atoms with E-state index in [0.29, 0.717) is 5.30 Å². The number of carbonyl (C=O) groups excluding carboxylic acids is 1. The van der Waals surface area contributed by atoms with Crippen LogP contribution < -0.4 is 5.30 Å². The van der Waals surface area contributed by atoms with Crippen LogP contribution in [0.15, 0.2) is 60.7 Å². The van der Waals surface area contributed by atoms with Gasteiger partial charge in [-0.25, -0.2) is 0 Å². The summed E-state index contributed by atoms with van der Waals surface area (Å²) in [7, 11) is -2.13. The average molecular weight is 274 g/mol. The molecule has 0 N–H and O–H groups in total. The fourth-order valence-corrected chi connectivity index (χ4v) is 3.51. The molecule has 0 aliphatic carbocycles. The fourth-order valence-electron chi connectivity index (χ4n) is 1.85. The van der Waals surface area contributed by atoms with Crippen molar-refractivity contribution in [2.75, 3.05) is 7.11 Å². The molecule has 4 heteroatoms. The minimum Gasteiger partial charge on any atom is -0.323 e. The third-order valence-corrected chi connectivity index (χ3v) is 5.19. The number of hydrogen-bond acceptors (Lipinski definition) is 3. The highest BCUT2D eigenvalue weighted by Crippen LogP contribution is 2.46. The zero-order valence-electron chi connectivity index (χ0n) is 10.7. The Morgan fingerprint density at radius 3 is 2.05 bits per heavy atom. The van der Waals surface area contributed by atoms with E-state index >= 15 is 0 Å². The topological polar surface area (TPSA) is 43.4 Å². The third-order valence-electron chi connectivity index (χ3n) is 2.88. The molecule has 2 aromatic carbocycles. The smallest absolute Gasteiger partial charge is 0.296 e. The lowest BCUT2D eigenvalue weighted by Crippen LogP contribution is -2.15. The normalized spacial score (nSPS) is 13.7. The molecule has 0 saturated heterocycles. The molecule has 0 aliphatic rings. The SMILES string of the molecule is COP(=O)(C(=O)Cc1ccccc1)c1ccccc1. The van der Waals surface area contributed by atoms with Gasteiger partial charge in [-0.2, -0.15) is 0 Å². The van der Waals surface area contributed by atoms with Crippen LogP contribution in [0.25, 0.3) is 0 Å². The van der Waals surface area contributed by atoms with Gasteiger partial charge in [0.15, 0.2) is 0 Å². The van der Waals surface area contributed by atoms with Crippen molar-refractivity contribution in [3.63, 3.8) is 0 Å². The summed E-state index contributed by atoms with van der Waals surface area (Å²) in [6, 6.07) is 17.9. The van der Waals surface area contributed by atoms with E-state index in [0.717, 1.165) is 5.56 Å². The largest absolute Gasteiger partial charge is 0.323 e. The van der Waals surface area contributed by atoms with Crippen LogP contribution in [0.4, 0.5) is 0 Å². The Kier molecular flexibility index (Phi) is 4.31. The molecule has 0 spiro atoms. The Balaban J connectivity index is 2.27. The molecular weight excluding hydrogens is 259 g/mol. The molecule has 1 atom stereocenters. The van der Waals surface area contributed by atoms with E-state index in [1.807, 2.05) is 36.4 Å². The molecule has 98 valence electrons. The highest BCUT2D eigenvalue weighted by Gasteiger charge is 2.33. The Morgan fingerprint density at radius 1 is 1.00 bits per heavy atom. The summed E-state index contributed by atoms with van der Waals surface area (Å²) < 4.78 is 17.8. The van der Waals surface area contributed by atoms with Gasteiger partial charge in [0.25, 0.3) is 7.37 Å². The van der Waals surface area contributed by atoms with Crippen LogP contribution in [0.3, 0.4) is 0 Å². The Morgan fingerprint density at radius 2 is 1.53 bits per heavy atom. The van der Waals surface area contributed by atoms with E-state index in [1.54, 1.807) is 24.3 Å². The number of benzene rings is 2. The second kappa shape index (κ2) is 5.96. The summed E-state index contributed by atoms with van der Waals surface area (Å²) in [6.45, 7) is 0. The lowest BCUT2D eigenvalue weighted by atomic mass is 10.2. The van der Waals surface area contributed by atoms with Gasteiger partial charge in [0.1, 0.15) is 0 Å². The van der Waals surface area contributed by atoms with E-state index in [2.05, 4.69) is 0 Å². The maximum absolute atomic E-state index is 12.7. The van der Waals surface area contributed by atoms with Crippen LogP contribution in [0.2, 0.25) is 0 Å². The van der Waals surface area contributed by atoms with Gasteiger partial charge in [-0.15, -0.1) is 0 Å². The lowest BCUT2D eigenvalue weighted by molar-refractivity contribution is -0.112. The van der Waals surface area contributed by atoms with E-state index < -0.39 is 7.37 Å². The molecule has 3 nitrogen and oxygen atoms in total. The van der Waals surface area contributed by atoms with Crippen LogP contribution >= 0.6 is 7.37 Å². The molecule has 1 unspecified atom stereocenters. The maximum atomic E-state index is 12.7. The van der Waals surface area contributed by atoms with Crippen LogP contribution in [0.1, 0.15) is 5.56 Å². The van der Waals surface area contributed by atoms with Crippen molar-refractivity contribution in [3.8, 4) is 0 Å². The van der Waals surface area contributed by atoms with E-state index in [-0.39, 0.29) is 11.9 Å². The molecule has 2 aromatic rings. The maximum Gasteiger partial charge on any atom is 0.296 e.